The molecule has 30 heavy (non-hydrogen) atoms. The number of rotatable bonds is 5. The van der Waals surface area contributed by atoms with Crippen molar-refractivity contribution < 1.29 is 23.1 Å². The van der Waals surface area contributed by atoms with Crippen molar-refractivity contribution in [2.45, 2.75) is 33.2 Å². The van der Waals surface area contributed by atoms with Gasteiger partial charge in [-0.15, -0.1) is 0 Å². The molecule has 3 aromatic rings. The molecule has 0 N–H and O–H groups in total. The number of amides is 1. The van der Waals surface area contributed by atoms with Crippen molar-refractivity contribution in [3.05, 3.63) is 59.2 Å². The fourth-order valence-electron chi connectivity index (χ4n) is 4.11. The molecule has 1 fully saturated rings. The van der Waals surface area contributed by atoms with Gasteiger partial charge in [-0.25, -0.2) is 4.39 Å². The van der Waals surface area contributed by atoms with E-state index in [1.165, 1.54) is 12.1 Å². The van der Waals surface area contributed by atoms with Gasteiger partial charge in [-0.05, 0) is 44.4 Å². The first-order valence-corrected chi connectivity index (χ1v) is 10.3. The van der Waals surface area contributed by atoms with Gasteiger partial charge in [0.25, 0.3) is 5.91 Å². The molecule has 158 valence electrons. The first-order valence-electron chi connectivity index (χ1n) is 10.3. The van der Waals surface area contributed by atoms with E-state index in [1.807, 2.05) is 23.6 Å². The number of nitrogens with zero attached hydrogens (tertiary/aromatic N) is 2. The van der Waals surface area contributed by atoms with E-state index in [0.29, 0.717) is 43.9 Å². The number of hydrogen-bond acceptors (Lipinski definition) is 4. The third-order valence-corrected chi connectivity index (χ3v) is 5.49. The average molecular weight is 412 g/mol. The number of aryl methyl sites for hydroxylation is 1. The zero-order valence-electron chi connectivity index (χ0n) is 17.2. The second kappa shape index (κ2) is 8.34. The lowest BCUT2D eigenvalue weighted by Gasteiger charge is -2.31. The van der Waals surface area contributed by atoms with Gasteiger partial charge in [-0.1, -0.05) is 12.1 Å². The summed E-state index contributed by atoms with van der Waals surface area (Å²) >= 11 is 0. The quantitative estimate of drug-likeness (QED) is 0.591. The number of fused-ring (bicyclic) bond motifs is 1. The second-order valence-corrected chi connectivity index (χ2v) is 7.69. The smallest absolute Gasteiger partial charge is 0.310 e. The molecule has 0 spiro atoms. The molecule has 2 aromatic heterocycles. The van der Waals surface area contributed by atoms with Gasteiger partial charge in [-0.3, -0.25) is 9.59 Å². The molecule has 1 aromatic carbocycles. The average Bonchev–Trinajstić information content (AvgIpc) is 3.25. The predicted molar refractivity (Wildman–Crippen MR) is 110 cm³/mol. The van der Waals surface area contributed by atoms with E-state index < -0.39 is 0 Å². The van der Waals surface area contributed by atoms with E-state index in [1.54, 1.807) is 24.0 Å². The summed E-state index contributed by atoms with van der Waals surface area (Å²) in [6.07, 6.45) is 1.46. The molecule has 1 saturated heterocycles. The van der Waals surface area contributed by atoms with Crippen LogP contribution in [0.4, 0.5) is 4.39 Å². The zero-order chi connectivity index (χ0) is 21.3. The molecule has 3 heterocycles. The maximum atomic E-state index is 13.7. The highest BCUT2D eigenvalue weighted by atomic mass is 19.1. The Morgan fingerprint density at radius 2 is 2.10 bits per heavy atom. The minimum Gasteiger partial charge on any atom is -0.466 e. The van der Waals surface area contributed by atoms with E-state index in [9.17, 15) is 14.0 Å². The predicted octanol–water partition coefficient (Wildman–Crippen LogP) is 4.15. The Morgan fingerprint density at radius 1 is 1.27 bits per heavy atom. The van der Waals surface area contributed by atoms with E-state index in [2.05, 4.69) is 0 Å². The molecular weight excluding hydrogens is 387 g/mol. The largest absolute Gasteiger partial charge is 0.466 e. The fraction of sp³-hybridized carbons (Fsp3) is 0.391. The monoisotopic (exact) mass is 412 g/mol. The number of carbonyl (C=O) groups is 2. The normalized spacial score (nSPS) is 16.8. The van der Waals surface area contributed by atoms with Gasteiger partial charge in [0.1, 0.15) is 17.3 Å². The van der Waals surface area contributed by atoms with Gasteiger partial charge < -0.3 is 18.6 Å². The van der Waals surface area contributed by atoms with E-state index >= 15 is 0 Å². The van der Waals surface area contributed by atoms with Crippen molar-refractivity contribution in [3.8, 4) is 0 Å². The first kappa shape index (κ1) is 20.2. The van der Waals surface area contributed by atoms with E-state index in [4.69, 9.17) is 9.15 Å². The molecule has 1 atom stereocenters. The molecule has 0 saturated carbocycles. The highest BCUT2D eigenvalue weighted by molar-refractivity contribution is 5.98. The summed E-state index contributed by atoms with van der Waals surface area (Å²) in [5, 5.41) is 0. The summed E-state index contributed by atoms with van der Waals surface area (Å²) in [6, 6.07) is 9.95. The van der Waals surface area contributed by atoms with Crippen molar-refractivity contribution in [3.63, 3.8) is 0 Å². The van der Waals surface area contributed by atoms with Crippen molar-refractivity contribution >= 4 is 23.0 Å². The van der Waals surface area contributed by atoms with Crippen LogP contribution in [0, 0.1) is 18.7 Å². The number of ether oxygens (including phenoxy) is 1. The number of hydrogen-bond donors (Lipinski definition) is 0. The number of likely N-dealkylation sites (tertiary alicyclic amines) is 1. The molecule has 7 heteroatoms. The Morgan fingerprint density at radius 3 is 2.87 bits per heavy atom. The van der Waals surface area contributed by atoms with Crippen molar-refractivity contribution in [2.75, 3.05) is 19.7 Å². The number of carbonyl (C=O) groups excluding carboxylic acids is 2. The van der Waals surface area contributed by atoms with Crippen LogP contribution in [0.1, 0.15) is 41.6 Å². The number of furan rings is 1. The zero-order valence-corrected chi connectivity index (χ0v) is 17.2. The van der Waals surface area contributed by atoms with Gasteiger partial charge in [0.2, 0.25) is 0 Å². The van der Waals surface area contributed by atoms with Gasteiger partial charge >= 0.3 is 5.97 Å². The standard InChI is InChI=1S/C23H25FN2O4/c1-3-29-23(28)17-7-5-9-25(14-17)22(27)20-12-21-19(10-15(2)30-21)26(20)13-16-6-4-8-18(24)11-16/h4,6,8,10-12,17H,3,5,7,9,13-14H2,1-2H3. The summed E-state index contributed by atoms with van der Waals surface area (Å²) in [7, 11) is 0. The summed E-state index contributed by atoms with van der Waals surface area (Å²) in [5.41, 5.74) is 2.63. The molecule has 1 unspecified atom stereocenters. The summed E-state index contributed by atoms with van der Waals surface area (Å²) in [4.78, 5) is 27.3. The van der Waals surface area contributed by atoms with Crippen molar-refractivity contribution in [1.29, 1.82) is 0 Å². The molecule has 0 bridgehead atoms. The maximum absolute atomic E-state index is 13.7. The maximum Gasteiger partial charge on any atom is 0.310 e. The van der Waals surface area contributed by atoms with Crippen molar-refractivity contribution in [1.82, 2.24) is 9.47 Å². The highest BCUT2D eigenvalue weighted by Crippen LogP contribution is 2.27. The van der Waals surface area contributed by atoms with Crippen LogP contribution in [0.2, 0.25) is 0 Å². The fourth-order valence-corrected chi connectivity index (χ4v) is 4.11. The summed E-state index contributed by atoms with van der Waals surface area (Å²) in [5.74, 6) is -0.300. The Balaban J connectivity index is 1.65. The molecule has 6 nitrogen and oxygen atoms in total. The van der Waals surface area contributed by atoms with Gasteiger partial charge in [0, 0.05) is 31.8 Å². The lowest BCUT2D eigenvalue weighted by atomic mass is 9.98. The van der Waals surface area contributed by atoms with E-state index in [-0.39, 0.29) is 23.6 Å². The Bertz CT molecular complexity index is 1080. The van der Waals surface area contributed by atoms with Crippen LogP contribution in [0.5, 0.6) is 0 Å². The SMILES string of the molecule is CCOC(=O)C1CCCN(C(=O)c2cc3oc(C)cc3n2Cc2cccc(F)c2)C1. The summed E-state index contributed by atoms with van der Waals surface area (Å²) < 4.78 is 26.4. The van der Waals surface area contributed by atoms with E-state index in [0.717, 1.165) is 23.3 Å². The number of esters is 1. The number of piperidine rings is 1. The van der Waals surface area contributed by atoms with Crippen LogP contribution in [0.25, 0.3) is 11.1 Å². The van der Waals surface area contributed by atoms with Crippen molar-refractivity contribution in [2.24, 2.45) is 5.92 Å². The minimum atomic E-state index is -0.319. The highest BCUT2D eigenvalue weighted by Gasteiger charge is 2.31. The lowest BCUT2D eigenvalue weighted by molar-refractivity contribution is -0.149. The number of benzene rings is 1. The Labute approximate surface area is 174 Å². The van der Waals surface area contributed by atoms with Gasteiger partial charge in [0.15, 0.2) is 5.58 Å². The lowest BCUT2D eigenvalue weighted by Crippen LogP contribution is -2.43. The van der Waals surface area contributed by atoms with Crippen LogP contribution < -0.4 is 0 Å². The topological polar surface area (TPSA) is 64.7 Å². The molecule has 0 radical (unpaired) electrons. The summed E-state index contributed by atoms with van der Waals surface area (Å²) in [6.45, 7) is 5.22. The van der Waals surface area contributed by atoms with Gasteiger partial charge in [-0.2, -0.15) is 0 Å². The van der Waals surface area contributed by atoms with Crippen LogP contribution in [-0.4, -0.2) is 41.0 Å². The minimum absolute atomic E-state index is 0.163. The number of halogens is 1. The first-order chi connectivity index (χ1) is 14.5. The molecule has 1 aliphatic heterocycles. The molecule has 4 rings (SSSR count). The molecule has 1 amide bonds. The second-order valence-electron chi connectivity index (χ2n) is 7.69. The Kier molecular flexibility index (Phi) is 5.61. The number of aromatic nitrogens is 1. The molecular formula is C23H25FN2O4. The Hall–Kier alpha value is -3.09. The van der Waals surface area contributed by atoms with Crippen LogP contribution in [-0.2, 0) is 16.1 Å². The molecule has 0 aliphatic carbocycles. The van der Waals surface area contributed by atoms with Crippen LogP contribution in [0.3, 0.4) is 0 Å². The molecule has 1 aliphatic rings. The third kappa shape index (κ3) is 3.97. The van der Waals surface area contributed by atoms with Crippen LogP contribution >= 0.6 is 0 Å². The van der Waals surface area contributed by atoms with Gasteiger partial charge in [0.05, 0.1) is 18.0 Å². The third-order valence-electron chi connectivity index (χ3n) is 5.49. The van der Waals surface area contributed by atoms with Crippen LogP contribution in [0.15, 0.2) is 40.8 Å².